The van der Waals surface area contributed by atoms with Gasteiger partial charge in [-0.05, 0) is 6.42 Å². The normalized spacial score (nSPS) is 11.0. The number of aliphatic carboxylic acids is 1. The van der Waals surface area contributed by atoms with E-state index in [4.69, 9.17) is 9.94 Å². The third-order valence-electron chi connectivity index (χ3n) is 1.58. The van der Waals surface area contributed by atoms with E-state index in [2.05, 4.69) is 15.5 Å². The molecule has 1 rings (SSSR count). The molecule has 8 heteroatoms. The number of hydrogen-bond donors (Lipinski definition) is 2. The van der Waals surface area contributed by atoms with Crippen LogP contribution in [-0.2, 0) is 14.4 Å². The second-order valence-corrected chi connectivity index (χ2v) is 3.74. The Morgan fingerprint density at radius 1 is 1.76 bits per heavy atom. The summed E-state index contributed by atoms with van der Waals surface area (Å²) in [5.41, 5.74) is -0.128. The number of oxime groups is 1. The number of carboxylic acids is 1. The van der Waals surface area contributed by atoms with Crippen LogP contribution in [0.1, 0.15) is 19.0 Å². The lowest BCUT2D eigenvalue weighted by atomic mass is 10.3. The number of amides is 1. The first-order chi connectivity index (χ1) is 8.19. The zero-order valence-electron chi connectivity index (χ0n) is 9.04. The zero-order valence-corrected chi connectivity index (χ0v) is 9.86. The van der Waals surface area contributed by atoms with Crippen LogP contribution in [0.2, 0.25) is 0 Å². The molecular weight excluding hydrogens is 246 g/mol. The van der Waals surface area contributed by atoms with Gasteiger partial charge in [-0.1, -0.05) is 12.1 Å². The van der Waals surface area contributed by atoms with Crippen molar-refractivity contribution in [3.8, 4) is 0 Å². The predicted molar refractivity (Wildman–Crippen MR) is 62.2 cm³/mol. The number of thiazole rings is 1. The highest BCUT2D eigenvalue weighted by molar-refractivity contribution is 7.14. The van der Waals surface area contributed by atoms with Crippen molar-refractivity contribution >= 4 is 34.6 Å². The molecular formula is C9H11N3O4S. The molecule has 0 fully saturated rings. The molecule has 0 spiro atoms. The van der Waals surface area contributed by atoms with Crippen molar-refractivity contribution in [3.05, 3.63) is 11.1 Å². The van der Waals surface area contributed by atoms with Crippen LogP contribution in [0.25, 0.3) is 0 Å². The first-order valence-corrected chi connectivity index (χ1v) is 5.66. The summed E-state index contributed by atoms with van der Waals surface area (Å²) >= 11 is 1.11. The van der Waals surface area contributed by atoms with Gasteiger partial charge in [0.05, 0.1) is 0 Å². The van der Waals surface area contributed by atoms with E-state index in [0.29, 0.717) is 18.1 Å². The lowest BCUT2D eigenvalue weighted by Crippen LogP contribution is -2.15. The Morgan fingerprint density at radius 3 is 3.12 bits per heavy atom. The standard InChI is InChI=1S/C9H11N3O4S/c1-2-3-16-12-7(8(14)15)6-4-17-9(11-6)10-5-13/h4-5H,2-3H2,1H3,(H,14,15)(H,10,11,13)/b12-7+. The maximum absolute atomic E-state index is 10.9. The Morgan fingerprint density at radius 2 is 2.53 bits per heavy atom. The highest BCUT2D eigenvalue weighted by Gasteiger charge is 2.17. The van der Waals surface area contributed by atoms with Crippen molar-refractivity contribution in [1.29, 1.82) is 0 Å². The van der Waals surface area contributed by atoms with Gasteiger partial charge in [-0.15, -0.1) is 11.3 Å². The van der Waals surface area contributed by atoms with E-state index in [1.807, 2.05) is 6.92 Å². The molecule has 0 atom stereocenters. The molecule has 0 radical (unpaired) electrons. The van der Waals surface area contributed by atoms with Crippen molar-refractivity contribution in [2.24, 2.45) is 5.16 Å². The largest absolute Gasteiger partial charge is 0.476 e. The minimum Gasteiger partial charge on any atom is -0.476 e. The van der Waals surface area contributed by atoms with E-state index in [9.17, 15) is 9.59 Å². The molecule has 0 bridgehead atoms. The molecule has 1 aromatic rings. The Balaban J connectivity index is 2.85. The first kappa shape index (κ1) is 13.1. The number of aromatic nitrogens is 1. The smallest absolute Gasteiger partial charge is 0.360 e. The Labute approximate surface area is 101 Å². The van der Waals surface area contributed by atoms with Gasteiger partial charge in [0, 0.05) is 5.38 Å². The van der Waals surface area contributed by atoms with E-state index in [0.717, 1.165) is 17.8 Å². The molecule has 2 N–H and O–H groups in total. The van der Waals surface area contributed by atoms with Crippen LogP contribution in [0.3, 0.4) is 0 Å². The monoisotopic (exact) mass is 257 g/mol. The maximum Gasteiger partial charge on any atom is 0.360 e. The minimum atomic E-state index is -1.23. The molecule has 17 heavy (non-hydrogen) atoms. The SMILES string of the molecule is CCCO/N=C(/C(=O)O)c1csc(NC=O)n1. The van der Waals surface area contributed by atoms with Crippen LogP contribution in [0, 0.1) is 0 Å². The average molecular weight is 257 g/mol. The summed E-state index contributed by atoms with van der Waals surface area (Å²) in [6.45, 7) is 2.21. The summed E-state index contributed by atoms with van der Waals surface area (Å²) in [5.74, 6) is -1.23. The second-order valence-electron chi connectivity index (χ2n) is 2.88. The molecule has 0 saturated carbocycles. The van der Waals surface area contributed by atoms with Crippen LogP contribution in [-0.4, -0.2) is 34.8 Å². The van der Waals surface area contributed by atoms with E-state index >= 15 is 0 Å². The second kappa shape index (κ2) is 6.59. The Bertz CT molecular complexity index is 430. The third-order valence-corrected chi connectivity index (χ3v) is 2.36. The van der Waals surface area contributed by atoms with Crippen molar-refractivity contribution in [2.75, 3.05) is 11.9 Å². The topological polar surface area (TPSA) is 101 Å². The number of nitrogens with one attached hydrogen (secondary N) is 1. The van der Waals surface area contributed by atoms with E-state index in [-0.39, 0.29) is 11.4 Å². The van der Waals surface area contributed by atoms with Gasteiger partial charge in [-0.3, -0.25) is 4.79 Å². The summed E-state index contributed by atoms with van der Waals surface area (Å²) in [5, 5.41) is 16.5. The van der Waals surface area contributed by atoms with E-state index in [1.165, 1.54) is 5.38 Å². The molecule has 0 unspecified atom stereocenters. The summed E-state index contributed by atoms with van der Waals surface area (Å²) in [7, 11) is 0. The minimum absolute atomic E-state index is 0.156. The van der Waals surface area contributed by atoms with Gasteiger partial charge >= 0.3 is 5.97 Å². The maximum atomic E-state index is 10.9. The van der Waals surface area contributed by atoms with Gasteiger partial charge in [-0.2, -0.15) is 0 Å². The van der Waals surface area contributed by atoms with Gasteiger partial charge in [0.25, 0.3) is 0 Å². The van der Waals surface area contributed by atoms with Crippen LogP contribution in [0.15, 0.2) is 10.5 Å². The van der Waals surface area contributed by atoms with Crippen molar-refractivity contribution in [1.82, 2.24) is 4.98 Å². The molecule has 0 aliphatic heterocycles. The number of carbonyl (C=O) groups excluding carboxylic acids is 1. The van der Waals surface area contributed by atoms with Crippen molar-refractivity contribution < 1.29 is 19.5 Å². The first-order valence-electron chi connectivity index (χ1n) is 4.78. The Hall–Kier alpha value is -1.96. The molecule has 1 amide bonds. The lowest BCUT2D eigenvalue weighted by Gasteiger charge is -1.98. The number of hydrogen-bond acceptors (Lipinski definition) is 6. The predicted octanol–water partition coefficient (Wildman–Crippen LogP) is 0.927. The molecule has 7 nitrogen and oxygen atoms in total. The van der Waals surface area contributed by atoms with Crippen LogP contribution in [0.5, 0.6) is 0 Å². The molecule has 1 aromatic heterocycles. The molecule has 0 aliphatic rings. The number of carbonyl (C=O) groups is 2. The molecule has 0 aromatic carbocycles. The number of anilines is 1. The molecule has 0 aliphatic carbocycles. The molecule has 0 saturated heterocycles. The van der Waals surface area contributed by atoms with Crippen LogP contribution < -0.4 is 5.32 Å². The third kappa shape index (κ3) is 3.83. The van der Waals surface area contributed by atoms with Crippen LogP contribution >= 0.6 is 11.3 Å². The molecule has 1 heterocycles. The van der Waals surface area contributed by atoms with Gasteiger partial charge in [-0.25, -0.2) is 9.78 Å². The van der Waals surface area contributed by atoms with Gasteiger partial charge in [0.2, 0.25) is 12.1 Å². The lowest BCUT2D eigenvalue weighted by molar-refractivity contribution is -0.129. The Kier molecular flexibility index (Phi) is 5.08. The summed E-state index contributed by atoms with van der Waals surface area (Å²) in [4.78, 5) is 29.8. The van der Waals surface area contributed by atoms with Crippen molar-refractivity contribution in [2.45, 2.75) is 13.3 Å². The number of rotatable bonds is 7. The van der Waals surface area contributed by atoms with Crippen LogP contribution in [0.4, 0.5) is 5.13 Å². The van der Waals surface area contributed by atoms with Gasteiger partial charge < -0.3 is 15.3 Å². The van der Waals surface area contributed by atoms with Gasteiger partial charge in [0.15, 0.2) is 5.13 Å². The average Bonchev–Trinajstić information content (AvgIpc) is 2.73. The quantitative estimate of drug-likeness (QED) is 0.327. The van der Waals surface area contributed by atoms with E-state index < -0.39 is 5.97 Å². The fourth-order valence-electron chi connectivity index (χ4n) is 0.896. The highest BCUT2D eigenvalue weighted by atomic mass is 32.1. The zero-order chi connectivity index (χ0) is 12.7. The fraction of sp³-hybridized carbons (Fsp3) is 0.333. The van der Waals surface area contributed by atoms with Gasteiger partial charge in [0.1, 0.15) is 12.3 Å². The highest BCUT2D eigenvalue weighted by Crippen LogP contribution is 2.15. The summed E-state index contributed by atoms with van der Waals surface area (Å²) in [6, 6.07) is 0. The number of carboxylic acid groups (broad SMARTS) is 1. The summed E-state index contributed by atoms with van der Waals surface area (Å²) in [6.07, 6.45) is 1.19. The molecule has 92 valence electrons. The van der Waals surface area contributed by atoms with Crippen molar-refractivity contribution in [3.63, 3.8) is 0 Å². The fourth-order valence-corrected chi connectivity index (χ4v) is 1.55. The number of nitrogens with zero attached hydrogens (tertiary/aromatic N) is 2. The van der Waals surface area contributed by atoms with E-state index in [1.54, 1.807) is 0 Å². The summed E-state index contributed by atoms with van der Waals surface area (Å²) < 4.78 is 0.